The van der Waals surface area contributed by atoms with Gasteiger partial charge in [-0.1, -0.05) is 18.2 Å². The van der Waals surface area contributed by atoms with Crippen molar-refractivity contribution in [3.05, 3.63) is 59.8 Å². The van der Waals surface area contributed by atoms with Crippen LogP contribution in [0.1, 0.15) is 22.3 Å². The summed E-state index contributed by atoms with van der Waals surface area (Å²) >= 11 is 0. The first-order valence-electron chi connectivity index (χ1n) is 6.71. The van der Waals surface area contributed by atoms with E-state index >= 15 is 0 Å². The van der Waals surface area contributed by atoms with E-state index in [4.69, 9.17) is 0 Å². The number of hydrogen-bond donors (Lipinski definition) is 2. The van der Waals surface area contributed by atoms with Gasteiger partial charge in [-0.2, -0.15) is 0 Å². The van der Waals surface area contributed by atoms with Gasteiger partial charge in [0.25, 0.3) is 5.91 Å². The summed E-state index contributed by atoms with van der Waals surface area (Å²) in [7, 11) is 0. The van der Waals surface area contributed by atoms with Crippen molar-refractivity contribution in [1.29, 1.82) is 0 Å². The molecule has 0 radical (unpaired) electrons. The van der Waals surface area contributed by atoms with Crippen molar-refractivity contribution in [1.82, 2.24) is 10.3 Å². The lowest BCUT2D eigenvalue weighted by Gasteiger charge is -2.06. The van der Waals surface area contributed by atoms with Crippen LogP contribution in [0.5, 0.6) is 0 Å². The Kier molecular flexibility index (Phi) is 5.04. The number of rotatable bonds is 5. The molecule has 0 bridgehead atoms. The van der Waals surface area contributed by atoms with Gasteiger partial charge < -0.3 is 10.6 Å². The van der Waals surface area contributed by atoms with Crippen molar-refractivity contribution in [2.45, 2.75) is 13.3 Å². The molecular weight excluding hydrogens is 266 g/mol. The molecule has 0 aliphatic rings. The SMILES string of the molecule is Cc1ccnc(NC(=O)CCNC(=O)c2ccccc2)c1. The third kappa shape index (κ3) is 4.72. The normalized spacial score (nSPS) is 9.95. The molecular formula is C16H17N3O2. The molecule has 21 heavy (non-hydrogen) atoms. The highest BCUT2D eigenvalue weighted by Crippen LogP contribution is 2.05. The Balaban J connectivity index is 1.76. The fourth-order valence-corrected chi connectivity index (χ4v) is 1.79. The molecule has 5 heteroatoms. The number of hydrogen-bond acceptors (Lipinski definition) is 3. The molecule has 0 aliphatic heterocycles. The van der Waals surface area contributed by atoms with Crippen LogP contribution < -0.4 is 10.6 Å². The fraction of sp³-hybridized carbons (Fsp3) is 0.188. The van der Waals surface area contributed by atoms with Crippen molar-refractivity contribution in [2.24, 2.45) is 0 Å². The Morgan fingerprint density at radius 2 is 1.90 bits per heavy atom. The minimum absolute atomic E-state index is 0.179. The van der Waals surface area contributed by atoms with E-state index in [1.807, 2.05) is 19.1 Å². The molecule has 2 N–H and O–H groups in total. The number of aryl methyl sites for hydroxylation is 1. The van der Waals surface area contributed by atoms with Gasteiger partial charge in [0, 0.05) is 24.7 Å². The number of nitrogens with one attached hydrogen (secondary N) is 2. The van der Waals surface area contributed by atoms with E-state index in [2.05, 4.69) is 15.6 Å². The molecule has 2 rings (SSSR count). The van der Waals surface area contributed by atoms with Gasteiger partial charge in [-0.05, 0) is 36.8 Å². The Labute approximate surface area is 123 Å². The second-order valence-electron chi connectivity index (χ2n) is 4.64. The zero-order chi connectivity index (χ0) is 15.1. The number of nitrogens with zero attached hydrogens (tertiary/aromatic N) is 1. The van der Waals surface area contributed by atoms with E-state index in [0.717, 1.165) is 5.56 Å². The topological polar surface area (TPSA) is 71.1 Å². The second-order valence-corrected chi connectivity index (χ2v) is 4.64. The molecule has 1 heterocycles. The van der Waals surface area contributed by atoms with Crippen LogP contribution in [0, 0.1) is 6.92 Å². The molecule has 2 amide bonds. The van der Waals surface area contributed by atoms with Gasteiger partial charge in [-0.3, -0.25) is 9.59 Å². The molecule has 0 saturated carbocycles. The van der Waals surface area contributed by atoms with E-state index in [0.29, 0.717) is 11.4 Å². The number of amides is 2. The van der Waals surface area contributed by atoms with Crippen molar-refractivity contribution >= 4 is 17.6 Å². The average molecular weight is 283 g/mol. The third-order valence-corrected chi connectivity index (χ3v) is 2.86. The first kappa shape index (κ1) is 14.7. The highest BCUT2D eigenvalue weighted by atomic mass is 16.2. The van der Waals surface area contributed by atoms with Gasteiger partial charge in [-0.15, -0.1) is 0 Å². The maximum absolute atomic E-state index is 11.8. The number of benzene rings is 1. The van der Waals surface area contributed by atoms with Crippen LogP contribution in [0.4, 0.5) is 5.82 Å². The Hall–Kier alpha value is -2.69. The Bertz CT molecular complexity index is 626. The summed E-state index contributed by atoms with van der Waals surface area (Å²) in [5.41, 5.74) is 1.61. The summed E-state index contributed by atoms with van der Waals surface area (Å²) in [6.07, 6.45) is 1.84. The van der Waals surface area contributed by atoms with Crippen LogP contribution >= 0.6 is 0 Å². The molecule has 1 aromatic heterocycles. The predicted octanol–water partition coefficient (Wildman–Crippen LogP) is 2.15. The zero-order valence-electron chi connectivity index (χ0n) is 11.8. The van der Waals surface area contributed by atoms with Gasteiger partial charge in [0.1, 0.15) is 5.82 Å². The van der Waals surface area contributed by atoms with E-state index in [9.17, 15) is 9.59 Å². The summed E-state index contributed by atoms with van der Waals surface area (Å²) in [5.74, 6) is 0.160. The quantitative estimate of drug-likeness (QED) is 0.883. The molecule has 0 unspecified atom stereocenters. The van der Waals surface area contributed by atoms with Crippen molar-refractivity contribution in [2.75, 3.05) is 11.9 Å². The summed E-state index contributed by atoms with van der Waals surface area (Å²) in [6.45, 7) is 2.21. The van der Waals surface area contributed by atoms with Gasteiger partial charge in [0.05, 0.1) is 0 Å². The second kappa shape index (κ2) is 7.19. The summed E-state index contributed by atoms with van der Waals surface area (Å²) < 4.78 is 0. The van der Waals surface area contributed by atoms with Crippen LogP contribution in [0.2, 0.25) is 0 Å². The van der Waals surface area contributed by atoms with E-state index < -0.39 is 0 Å². The largest absolute Gasteiger partial charge is 0.352 e. The van der Waals surface area contributed by atoms with Crippen molar-refractivity contribution in [3.63, 3.8) is 0 Å². The van der Waals surface area contributed by atoms with Crippen LogP contribution in [-0.4, -0.2) is 23.3 Å². The van der Waals surface area contributed by atoms with Crippen molar-refractivity contribution < 1.29 is 9.59 Å². The van der Waals surface area contributed by atoms with Crippen LogP contribution in [0.25, 0.3) is 0 Å². The molecule has 5 nitrogen and oxygen atoms in total. The van der Waals surface area contributed by atoms with E-state index in [-0.39, 0.29) is 24.8 Å². The molecule has 0 saturated heterocycles. The van der Waals surface area contributed by atoms with Gasteiger partial charge in [0.15, 0.2) is 0 Å². The molecule has 0 fully saturated rings. The zero-order valence-corrected chi connectivity index (χ0v) is 11.8. The first-order valence-corrected chi connectivity index (χ1v) is 6.71. The van der Waals surface area contributed by atoms with E-state index in [1.54, 1.807) is 36.5 Å². The van der Waals surface area contributed by atoms with Gasteiger partial charge in [0.2, 0.25) is 5.91 Å². The molecule has 0 aliphatic carbocycles. The predicted molar refractivity (Wildman–Crippen MR) is 81.0 cm³/mol. The fourth-order valence-electron chi connectivity index (χ4n) is 1.79. The average Bonchev–Trinajstić information content (AvgIpc) is 2.48. The Morgan fingerprint density at radius 1 is 1.14 bits per heavy atom. The minimum Gasteiger partial charge on any atom is -0.352 e. The lowest BCUT2D eigenvalue weighted by atomic mass is 10.2. The molecule has 1 aromatic carbocycles. The number of aromatic nitrogens is 1. The standard InChI is InChI=1S/C16H17N3O2/c1-12-7-9-17-14(11-12)19-15(20)8-10-18-16(21)13-5-3-2-4-6-13/h2-7,9,11H,8,10H2,1H3,(H,18,21)(H,17,19,20). The van der Waals surface area contributed by atoms with Gasteiger partial charge >= 0.3 is 0 Å². The molecule has 0 spiro atoms. The summed E-state index contributed by atoms with van der Waals surface area (Å²) in [5, 5.41) is 5.40. The maximum atomic E-state index is 11.8. The first-order chi connectivity index (χ1) is 10.1. The van der Waals surface area contributed by atoms with E-state index in [1.165, 1.54) is 0 Å². The maximum Gasteiger partial charge on any atom is 0.251 e. The highest BCUT2D eigenvalue weighted by molar-refractivity contribution is 5.95. The third-order valence-electron chi connectivity index (χ3n) is 2.86. The minimum atomic E-state index is -0.183. The number of carbonyl (C=O) groups is 2. The summed E-state index contributed by atoms with van der Waals surface area (Å²) in [4.78, 5) is 27.6. The van der Waals surface area contributed by atoms with Crippen LogP contribution in [0.15, 0.2) is 48.7 Å². The monoisotopic (exact) mass is 283 g/mol. The summed E-state index contributed by atoms with van der Waals surface area (Å²) in [6, 6.07) is 12.5. The van der Waals surface area contributed by atoms with Gasteiger partial charge in [-0.25, -0.2) is 4.98 Å². The highest BCUT2D eigenvalue weighted by Gasteiger charge is 2.06. The Morgan fingerprint density at radius 3 is 2.62 bits per heavy atom. The van der Waals surface area contributed by atoms with Crippen molar-refractivity contribution in [3.8, 4) is 0 Å². The molecule has 0 atom stereocenters. The number of pyridine rings is 1. The molecule has 2 aromatic rings. The number of carbonyl (C=O) groups excluding carboxylic acids is 2. The number of anilines is 1. The molecule has 108 valence electrons. The lowest BCUT2D eigenvalue weighted by molar-refractivity contribution is -0.116. The smallest absolute Gasteiger partial charge is 0.251 e. The lowest BCUT2D eigenvalue weighted by Crippen LogP contribution is -2.27. The van der Waals surface area contributed by atoms with Crippen LogP contribution in [0.3, 0.4) is 0 Å². The van der Waals surface area contributed by atoms with Crippen LogP contribution in [-0.2, 0) is 4.79 Å².